The normalized spacial score (nSPS) is 21.2. The third kappa shape index (κ3) is 4.01. The third-order valence-corrected chi connectivity index (χ3v) is 3.33. The fourth-order valence-corrected chi connectivity index (χ4v) is 2.25. The van der Waals surface area contributed by atoms with E-state index in [1.54, 1.807) is 13.0 Å². The first-order valence-electron chi connectivity index (χ1n) is 6.62. The molecular formula is C14H19F3N2O. The van der Waals surface area contributed by atoms with E-state index in [9.17, 15) is 18.3 Å². The summed E-state index contributed by atoms with van der Waals surface area (Å²) in [7, 11) is 0. The van der Waals surface area contributed by atoms with Crippen LogP contribution in [0, 0.1) is 17.2 Å². The second-order valence-corrected chi connectivity index (χ2v) is 5.02. The van der Waals surface area contributed by atoms with Crippen molar-refractivity contribution in [2.75, 3.05) is 6.61 Å². The van der Waals surface area contributed by atoms with E-state index < -0.39 is 11.7 Å². The fourth-order valence-electron chi connectivity index (χ4n) is 2.25. The number of rotatable bonds is 5. The first-order chi connectivity index (χ1) is 9.33. The zero-order chi connectivity index (χ0) is 15.3. The van der Waals surface area contributed by atoms with Gasteiger partial charge in [0.25, 0.3) is 0 Å². The minimum absolute atomic E-state index is 0.0639. The summed E-state index contributed by atoms with van der Waals surface area (Å²) in [5.74, 6) is -0.193. The van der Waals surface area contributed by atoms with Gasteiger partial charge in [0.05, 0.1) is 18.2 Å². The molecule has 0 saturated heterocycles. The number of nitriles is 1. The van der Waals surface area contributed by atoms with Crippen LogP contribution in [0.2, 0.25) is 0 Å². The smallest absolute Gasteiger partial charge is 0.394 e. The molecule has 0 aromatic rings. The van der Waals surface area contributed by atoms with E-state index in [4.69, 9.17) is 5.26 Å². The van der Waals surface area contributed by atoms with Gasteiger partial charge in [0.1, 0.15) is 0 Å². The maximum atomic E-state index is 12.9. The summed E-state index contributed by atoms with van der Waals surface area (Å²) in [6, 6.07) is 1.38. The van der Waals surface area contributed by atoms with Crippen molar-refractivity contribution >= 4 is 0 Å². The van der Waals surface area contributed by atoms with Crippen molar-refractivity contribution in [1.82, 2.24) is 5.32 Å². The molecule has 0 saturated carbocycles. The van der Waals surface area contributed by atoms with Gasteiger partial charge in [-0.25, -0.2) is 0 Å². The molecule has 0 bridgehead atoms. The molecule has 0 aromatic carbocycles. The molecule has 0 amide bonds. The average molecular weight is 288 g/mol. The maximum Gasteiger partial charge on any atom is 0.417 e. The van der Waals surface area contributed by atoms with Crippen molar-refractivity contribution < 1.29 is 18.3 Å². The number of hydrogen-bond acceptors (Lipinski definition) is 3. The van der Waals surface area contributed by atoms with Crippen molar-refractivity contribution in [2.24, 2.45) is 5.92 Å². The van der Waals surface area contributed by atoms with E-state index >= 15 is 0 Å². The van der Waals surface area contributed by atoms with Crippen molar-refractivity contribution in [3.63, 3.8) is 0 Å². The van der Waals surface area contributed by atoms with Gasteiger partial charge in [-0.2, -0.15) is 18.4 Å². The van der Waals surface area contributed by atoms with Crippen LogP contribution in [0.5, 0.6) is 0 Å². The molecule has 1 unspecified atom stereocenters. The van der Waals surface area contributed by atoms with Crippen LogP contribution >= 0.6 is 0 Å². The summed E-state index contributed by atoms with van der Waals surface area (Å²) in [6.45, 7) is 3.58. The highest BCUT2D eigenvalue weighted by Crippen LogP contribution is 2.37. The molecule has 0 radical (unpaired) electrons. The van der Waals surface area contributed by atoms with E-state index in [0.717, 1.165) is 12.5 Å². The van der Waals surface area contributed by atoms with Gasteiger partial charge in [0.15, 0.2) is 0 Å². The van der Waals surface area contributed by atoms with E-state index in [2.05, 4.69) is 5.32 Å². The van der Waals surface area contributed by atoms with E-state index in [1.807, 2.05) is 6.92 Å². The van der Waals surface area contributed by atoms with Gasteiger partial charge in [-0.15, -0.1) is 0 Å². The topological polar surface area (TPSA) is 56.0 Å². The molecule has 6 heteroatoms. The van der Waals surface area contributed by atoms with Crippen LogP contribution in [0.1, 0.15) is 33.1 Å². The summed E-state index contributed by atoms with van der Waals surface area (Å²) in [6.07, 6.45) is -1.96. The van der Waals surface area contributed by atoms with E-state index in [0.29, 0.717) is 12.1 Å². The minimum Gasteiger partial charge on any atom is -0.394 e. The molecule has 112 valence electrons. The Balaban J connectivity index is 3.04. The first kappa shape index (κ1) is 16.6. The Morgan fingerprint density at radius 1 is 1.55 bits per heavy atom. The first-order valence-corrected chi connectivity index (χ1v) is 6.62. The van der Waals surface area contributed by atoms with E-state index in [-0.39, 0.29) is 30.6 Å². The lowest BCUT2D eigenvalue weighted by atomic mass is 9.88. The molecule has 1 aliphatic carbocycles. The summed E-state index contributed by atoms with van der Waals surface area (Å²) in [4.78, 5) is 0. The molecule has 0 aliphatic heterocycles. The van der Waals surface area contributed by atoms with Crippen molar-refractivity contribution in [3.8, 4) is 6.07 Å². The largest absolute Gasteiger partial charge is 0.417 e. The Hall–Kier alpha value is -1.48. The zero-order valence-electron chi connectivity index (χ0n) is 11.6. The van der Waals surface area contributed by atoms with Crippen LogP contribution in [0.15, 0.2) is 22.9 Å². The number of allylic oxidation sites excluding steroid dienone is 4. The van der Waals surface area contributed by atoms with Gasteiger partial charge in [-0.05, 0) is 18.9 Å². The molecule has 3 nitrogen and oxygen atoms in total. The molecule has 0 spiro atoms. The van der Waals surface area contributed by atoms with Crippen molar-refractivity contribution in [1.29, 1.82) is 5.26 Å². The lowest BCUT2D eigenvalue weighted by Crippen LogP contribution is -2.35. The summed E-state index contributed by atoms with van der Waals surface area (Å²) >= 11 is 0. The maximum absolute atomic E-state index is 12.9. The number of nitrogens with one attached hydrogen (secondary N) is 1. The quantitative estimate of drug-likeness (QED) is 0.817. The monoisotopic (exact) mass is 288 g/mol. The number of aliphatic hydroxyl groups is 1. The molecule has 2 N–H and O–H groups in total. The Kier molecular flexibility index (Phi) is 5.63. The number of aliphatic hydroxyl groups excluding tert-OH is 1. The zero-order valence-corrected chi connectivity index (χ0v) is 11.6. The van der Waals surface area contributed by atoms with Gasteiger partial charge < -0.3 is 10.4 Å². The molecule has 0 fully saturated rings. The fraction of sp³-hybridized carbons (Fsp3) is 0.643. The van der Waals surface area contributed by atoms with Gasteiger partial charge in [-0.3, -0.25) is 0 Å². The highest BCUT2D eigenvalue weighted by Gasteiger charge is 2.38. The third-order valence-electron chi connectivity index (χ3n) is 3.33. The Labute approximate surface area is 116 Å². The van der Waals surface area contributed by atoms with Crippen LogP contribution in [0.3, 0.4) is 0 Å². The summed E-state index contributed by atoms with van der Waals surface area (Å²) < 4.78 is 38.7. The van der Waals surface area contributed by atoms with Gasteiger partial charge in [0.2, 0.25) is 0 Å². The van der Waals surface area contributed by atoms with Gasteiger partial charge in [0, 0.05) is 23.2 Å². The molecular weight excluding hydrogens is 269 g/mol. The molecule has 1 rings (SSSR count). The van der Waals surface area contributed by atoms with Gasteiger partial charge >= 0.3 is 6.18 Å². The molecule has 0 heterocycles. The predicted octanol–water partition coefficient (Wildman–Crippen LogP) is 3.04. The number of hydrogen-bond donors (Lipinski definition) is 2. The number of halogens is 3. The van der Waals surface area contributed by atoms with Crippen LogP contribution in [-0.2, 0) is 0 Å². The van der Waals surface area contributed by atoms with Crippen LogP contribution in [-0.4, -0.2) is 23.9 Å². The number of alkyl halides is 3. The molecule has 0 aromatic heterocycles. The Bertz CT molecular complexity index is 446. The summed E-state index contributed by atoms with van der Waals surface area (Å²) in [5, 5.41) is 21.0. The average Bonchev–Trinajstić information content (AvgIpc) is 2.38. The van der Waals surface area contributed by atoms with E-state index in [1.165, 1.54) is 0 Å². The van der Waals surface area contributed by atoms with Crippen LogP contribution in [0.25, 0.3) is 0 Å². The lowest BCUT2D eigenvalue weighted by molar-refractivity contribution is -0.0893. The highest BCUT2D eigenvalue weighted by atomic mass is 19.4. The predicted molar refractivity (Wildman–Crippen MR) is 69.5 cm³/mol. The van der Waals surface area contributed by atoms with Crippen LogP contribution < -0.4 is 5.32 Å². The lowest BCUT2D eigenvalue weighted by Gasteiger charge is -2.28. The second kappa shape index (κ2) is 6.80. The van der Waals surface area contributed by atoms with Crippen molar-refractivity contribution in [3.05, 3.63) is 22.9 Å². The van der Waals surface area contributed by atoms with Crippen LogP contribution in [0.4, 0.5) is 13.2 Å². The summed E-state index contributed by atoms with van der Waals surface area (Å²) in [5.41, 5.74) is -0.677. The highest BCUT2D eigenvalue weighted by molar-refractivity contribution is 5.44. The van der Waals surface area contributed by atoms with Gasteiger partial charge in [-0.1, -0.05) is 20.3 Å². The molecule has 1 aliphatic rings. The minimum atomic E-state index is -4.53. The standard InChI is InChI=1S/C14H19F3N2O/c1-3-4-11(8-20)19-13-6-12(14(15,16)17)10(7-18)5-9(13)2/h6,9,11,19-20H,3-5,8H2,1-2H3/t9?,11-/m1/s1. The van der Waals surface area contributed by atoms with Crippen molar-refractivity contribution in [2.45, 2.75) is 45.3 Å². The molecule has 20 heavy (non-hydrogen) atoms. The second-order valence-electron chi connectivity index (χ2n) is 5.02. The molecule has 2 atom stereocenters. The Morgan fingerprint density at radius 2 is 2.20 bits per heavy atom. The SMILES string of the molecule is CCC[C@H](CO)NC1=CC(C(F)(F)F)=C(C#N)CC1C. The number of nitrogens with zero attached hydrogens (tertiary/aromatic N) is 1. The Morgan fingerprint density at radius 3 is 2.65 bits per heavy atom.